The van der Waals surface area contributed by atoms with Crippen molar-refractivity contribution < 1.29 is 0 Å². The fraction of sp³-hybridized carbons (Fsp3) is 0.455. The Morgan fingerprint density at radius 2 is 2.17 bits per heavy atom. The molecule has 7 heteroatoms. The van der Waals surface area contributed by atoms with Crippen molar-refractivity contribution in [2.75, 3.05) is 20.6 Å². The van der Waals surface area contributed by atoms with Crippen LogP contribution in [-0.2, 0) is 6.54 Å². The van der Waals surface area contributed by atoms with Gasteiger partial charge in [-0.2, -0.15) is 4.80 Å². The van der Waals surface area contributed by atoms with E-state index in [1.54, 1.807) is 11.0 Å². The van der Waals surface area contributed by atoms with Gasteiger partial charge in [0.25, 0.3) is 0 Å². The molecule has 2 rings (SSSR count). The van der Waals surface area contributed by atoms with Crippen LogP contribution in [0.25, 0.3) is 11.5 Å². The molecule has 2 aromatic heterocycles. The molecule has 6 nitrogen and oxygen atoms in total. The zero-order valence-electron chi connectivity index (χ0n) is 10.4. The van der Waals surface area contributed by atoms with Crippen molar-refractivity contribution in [3.8, 4) is 11.5 Å². The highest BCUT2D eigenvalue weighted by atomic mass is 79.9. The van der Waals surface area contributed by atoms with Crippen LogP contribution in [0.5, 0.6) is 0 Å². The highest BCUT2D eigenvalue weighted by Gasteiger charge is 2.06. The van der Waals surface area contributed by atoms with E-state index in [-0.39, 0.29) is 0 Å². The maximum atomic E-state index is 4.31. The SMILES string of the molecule is CN(C)CCCn1nnc(-c2ccc(Br)cn2)n1. The van der Waals surface area contributed by atoms with Gasteiger partial charge in [0.1, 0.15) is 5.69 Å². The molecular weight excluding hydrogens is 296 g/mol. The smallest absolute Gasteiger partial charge is 0.223 e. The number of aromatic nitrogens is 5. The number of nitrogens with zero attached hydrogens (tertiary/aromatic N) is 6. The van der Waals surface area contributed by atoms with Crippen molar-refractivity contribution in [3.05, 3.63) is 22.8 Å². The van der Waals surface area contributed by atoms with Crippen LogP contribution in [0.15, 0.2) is 22.8 Å². The molecule has 0 spiro atoms. The van der Waals surface area contributed by atoms with E-state index in [1.165, 1.54) is 0 Å². The molecule has 2 heterocycles. The Morgan fingerprint density at radius 1 is 1.33 bits per heavy atom. The largest absolute Gasteiger partial charge is 0.309 e. The molecular formula is C11H15BrN6. The maximum Gasteiger partial charge on any atom is 0.223 e. The summed E-state index contributed by atoms with van der Waals surface area (Å²) < 4.78 is 0.935. The summed E-state index contributed by atoms with van der Waals surface area (Å²) >= 11 is 3.34. The van der Waals surface area contributed by atoms with E-state index in [4.69, 9.17) is 0 Å². The van der Waals surface area contributed by atoms with Gasteiger partial charge in [0.2, 0.25) is 5.82 Å². The zero-order chi connectivity index (χ0) is 13.0. The summed E-state index contributed by atoms with van der Waals surface area (Å²) in [6.45, 7) is 1.77. The Balaban J connectivity index is 1.99. The average molecular weight is 311 g/mol. The van der Waals surface area contributed by atoms with E-state index < -0.39 is 0 Å². The second-order valence-electron chi connectivity index (χ2n) is 4.23. The lowest BCUT2D eigenvalue weighted by molar-refractivity contribution is 0.369. The van der Waals surface area contributed by atoms with Gasteiger partial charge in [0.15, 0.2) is 0 Å². The monoisotopic (exact) mass is 310 g/mol. The average Bonchev–Trinajstić information content (AvgIpc) is 2.78. The second kappa shape index (κ2) is 6.01. The Kier molecular flexibility index (Phi) is 4.38. The number of pyridine rings is 1. The van der Waals surface area contributed by atoms with Crippen molar-refractivity contribution in [2.45, 2.75) is 13.0 Å². The minimum absolute atomic E-state index is 0.562. The van der Waals surface area contributed by atoms with Crippen molar-refractivity contribution in [2.24, 2.45) is 0 Å². The topological polar surface area (TPSA) is 59.7 Å². The first-order valence-corrected chi connectivity index (χ1v) is 6.49. The Labute approximate surface area is 114 Å². The second-order valence-corrected chi connectivity index (χ2v) is 5.14. The van der Waals surface area contributed by atoms with Gasteiger partial charge in [0, 0.05) is 10.7 Å². The van der Waals surface area contributed by atoms with E-state index >= 15 is 0 Å². The quantitative estimate of drug-likeness (QED) is 0.836. The minimum Gasteiger partial charge on any atom is -0.309 e. The molecule has 0 saturated carbocycles. The van der Waals surface area contributed by atoms with E-state index in [0.717, 1.165) is 29.7 Å². The molecule has 96 valence electrons. The van der Waals surface area contributed by atoms with Gasteiger partial charge in [-0.3, -0.25) is 4.98 Å². The van der Waals surface area contributed by atoms with Crippen LogP contribution in [-0.4, -0.2) is 50.7 Å². The number of aryl methyl sites for hydroxylation is 1. The van der Waals surface area contributed by atoms with Crippen LogP contribution in [0.3, 0.4) is 0 Å². The molecule has 0 unspecified atom stereocenters. The van der Waals surface area contributed by atoms with E-state index in [1.807, 2.05) is 26.2 Å². The third-order valence-corrected chi connectivity index (χ3v) is 2.84. The molecule has 0 fully saturated rings. The number of rotatable bonds is 5. The summed E-state index contributed by atoms with van der Waals surface area (Å²) in [6.07, 6.45) is 2.72. The predicted octanol–water partition coefficient (Wildman–Crippen LogP) is 1.45. The lowest BCUT2D eigenvalue weighted by atomic mass is 10.3. The molecule has 0 bridgehead atoms. The summed E-state index contributed by atoms with van der Waals surface area (Å²) in [5.41, 5.74) is 0.733. The molecule has 0 amide bonds. The molecule has 0 radical (unpaired) electrons. The molecule has 2 aromatic rings. The van der Waals surface area contributed by atoms with Crippen LogP contribution in [0.4, 0.5) is 0 Å². The van der Waals surface area contributed by atoms with Crippen LogP contribution in [0.1, 0.15) is 6.42 Å². The molecule has 0 atom stereocenters. The summed E-state index contributed by atoms with van der Waals surface area (Å²) in [5.74, 6) is 0.562. The summed E-state index contributed by atoms with van der Waals surface area (Å²) in [7, 11) is 4.10. The Morgan fingerprint density at radius 3 is 2.83 bits per heavy atom. The van der Waals surface area contributed by atoms with Crippen LogP contribution < -0.4 is 0 Å². The highest BCUT2D eigenvalue weighted by Crippen LogP contribution is 2.13. The van der Waals surface area contributed by atoms with E-state index in [0.29, 0.717) is 5.82 Å². The lowest BCUT2D eigenvalue weighted by Gasteiger charge is -2.07. The molecule has 0 aliphatic heterocycles. The fourth-order valence-corrected chi connectivity index (χ4v) is 1.71. The van der Waals surface area contributed by atoms with Gasteiger partial charge in [-0.05, 0) is 60.3 Å². The predicted molar refractivity (Wildman–Crippen MR) is 71.9 cm³/mol. The van der Waals surface area contributed by atoms with Gasteiger partial charge in [0.05, 0.1) is 6.54 Å². The van der Waals surface area contributed by atoms with Crippen LogP contribution in [0.2, 0.25) is 0 Å². The van der Waals surface area contributed by atoms with Gasteiger partial charge in [-0.15, -0.1) is 10.2 Å². The summed E-state index contributed by atoms with van der Waals surface area (Å²) in [6, 6.07) is 3.78. The minimum atomic E-state index is 0.562. The van der Waals surface area contributed by atoms with Crippen molar-refractivity contribution in [3.63, 3.8) is 0 Å². The van der Waals surface area contributed by atoms with Crippen molar-refractivity contribution in [1.29, 1.82) is 0 Å². The molecule has 0 saturated heterocycles. The van der Waals surface area contributed by atoms with E-state index in [2.05, 4.69) is 41.2 Å². The molecule has 0 N–H and O–H groups in total. The number of halogens is 1. The molecule has 18 heavy (non-hydrogen) atoms. The first kappa shape index (κ1) is 13.1. The number of tetrazole rings is 1. The van der Waals surface area contributed by atoms with Crippen molar-refractivity contribution >= 4 is 15.9 Å². The number of hydrogen-bond donors (Lipinski definition) is 0. The zero-order valence-corrected chi connectivity index (χ0v) is 12.0. The fourth-order valence-electron chi connectivity index (χ4n) is 1.48. The van der Waals surface area contributed by atoms with E-state index in [9.17, 15) is 0 Å². The van der Waals surface area contributed by atoms with Gasteiger partial charge in [-0.25, -0.2) is 0 Å². The van der Waals surface area contributed by atoms with Gasteiger partial charge in [-0.1, -0.05) is 0 Å². The summed E-state index contributed by atoms with van der Waals surface area (Å²) in [4.78, 5) is 7.98. The van der Waals surface area contributed by atoms with Crippen molar-refractivity contribution in [1.82, 2.24) is 30.1 Å². The highest BCUT2D eigenvalue weighted by molar-refractivity contribution is 9.10. The number of hydrogen-bond acceptors (Lipinski definition) is 5. The Bertz CT molecular complexity index is 492. The van der Waals surface area contributed by atoms with Crippen LogP contribution >= 0.6 is 15.9 Å². The first-order valence-electron chi connectivity index (χ1n) is 5.69. The van der Waals surface area contributed by atoms with Gasteiger partial charge >= 0.3 is 0 Å². The molecule has 0 aliphatic carbocycles. The standard InChI is InChI=1S/C11H15BrN6/c1-17(2)6-3-7-18-15-11(14-16-18)10-5-4-9(12)8-13-10/h4-5,8H,3,6-7H2,1-2H3. The Hall–Kier alpha value is -1.34. The molecule has 0 aliphatic rings. The third-order valence-electron chi connectivity index (χ3n) is 2.37. The lowest BCUT2D eigenvalue weighted by Crippen LogP contribution is -2.15. The normalized spacial score (nSPS) is 11.1. The maximum absolute atomic E-state index is 4.31. The van der Waals surface area contributed by atoms with Gasteiger partial charge < -0.3 is 4.90 Å². The van der Waals surface area contributed by atoms with Crippen LogP contribution in [0, 0.1) is 0 Å². The molecule has 0 aromatic carbocycles. The third kappa shape index (κ3) is 3.58. The first-order chi connectivity index (χ1) is 8.65. The summed E-state index contributed by atoms with van der Waals surface area (Å²) in [5, 5.41) is 12.3.